The van der Waals surface area contributed by atoms with E-state index in [2.05, 4.69) is 20.4 Å². The lowest BCUT2D eigenvalue weighted by atomic mass is 10.1. The Morgan fingerprint density at radius 2 is 2.12 bits per heavy atom. The molecule has 1 aliphatic rings. The van der Waals surface area contributed by atoms with Gasteiger partial charge in [0.05, 0.1) is 12.8 Å². The molecule has 3 rings (SSSR count). The van der Waals surface area contributed by atoms with E-state index in [0.717, 1.165) is 26.1 Å². The summed E-state index contributed by atoms with van der Waals surface area (Å²) in [7, 11) is 1.42. The number of methoxy groups -OCH3 is 1. The Morgan fingerprint density at radius 1 is 1.31 bits per heavy atom. The molecule has 1 saturated heterocycles. The zero-order valence-electron chi connectivity index (χ0n) is 15.1. The van der Waals surface area contributed by atoms with Crippen molar-refractivity contribution < 1.29 is 13.9 Å². The first-order valence-corrected chi connectivity index (χ1v) is 9.07. The van der Waals surface area contributed by atoms with Crippen molar-refractivity contribution in [1.29, 1.82) is 0 Å². The van der Waals surface area contributed by atoms with E-state index in [1.807, 2.05) is 0 Å². The van der Waals surface area contributed by atoms with Gasteiger partial charge in [-0.3, -0.25) is 9.89 Å². The van der Waals surface area contributed by atoms with E-state index in [4.69, 9.17) is 4.74 Å². The molecule has 2 N–H and O–H groups in total. The van der Waals surface area contributed by atoms with Gasteiger partial charge in [-0.05, 0) is 57.1 Å². The zero-order valence-corrected chi connectivity index (χ0v) is 15.1. The number of aromatic nitrogens is 2. The van der Waals surface area contributed by atoms with Crippen LogP contribution in [0.5, 0.6) is 5.75 Å². The number of likely N-dealkylation sites (tertiary alicyclic amines) is 1. The fraction of sp³-hybridized carbons (Fsp3) is 0.474. The van der Waals surface area contributed by atoms with Crippen molar-refractivity contribution in [1.82, 2.24) is 15.1 Å². The van der Waals surface area contributed by atoms with Crippen LogP contribution in [0.2, 0.25) is 0 Å². The summed E-state index contributed by atoms with van der Waals surface area (Å²) in [5.74, 6) is 0.208. The number of anilines is 1. The van der Waals surface area contributed by atoms with Crippen molar-refractivity contribution in [2.75, 3.05) is 32.1 Å². The van der Waals surface area contributed by atoms with E-state index in [9.17, 15) is 9.18 Å². The smallest absolute Gasteiger partial charge is 0.225 e. The van der Waals surface area contributed by atoms with Crippen LogP contribution in [0.3, 0.4) is 0 Å². The highest BCUT2D eigenvalue weighted by atomic mass is 19.1. The number of aromatic amines is 1. The molecule has 0 saturated carbocycles. The maximum absolute atomic E-state index is 13.8. The van der Waals surface area contributed by atoms with Crippen LogP contribution in [0.25, 0.3) is 11.3 Å². The predicted molar refractivity (Wildman–Crippen MR) is 98.7 cm³/mol. The number of carbonyl (C=O) groups excluding carboxylic acids is 1. The standard InChI is InChI=1S/C19H25FN4O2/c1-26-17-8-7-14(12-15(17)20)16-13-18(23-22-16)21-19(25)6-5-11-24-9-3-2-4-10-24/h7-8,12-13H,2-6,9-11H2,1H3,(H2,21,22,23,25). The van der Waals surface area contributed by atoms with E-state index in [1.54, 1.807) is 18.2 Å². The van der Waals surface area contributed by atoms with E-state index in [-0.39, 0.29) is 11.7 Å². The number of hydrogen-bond donors (Lipinski definition) is 2. The number of H-pyrrole nitrogens is 1. The fourth-order valence-corrected chi connectivity index (χ4v) is 3.22. The third-order valence-electron chi connectivity index (χ3n) is 4.63. The van der Waals surface area contributed by atoms with E-state index in [1.165, 1.54) is 32.4 Å². The van der Waals surface area contributed by atoms with Gasteiger partial charge in [0.25, 0.3) is 0 Å². The number of ether oxygens (including phenoxy) is 1. The first-order chi connectivity index (χ1) is 12.7. The Morgan fingerprint density at radius 3 is 2.85 bits per heavy atom. The van der Waals surface area contributed by atoms with Gasteiger partial charge in [0.2, 0.25) is 5.91 Å². The molecule has 0 aliphatic carbocycles. The van der Waals surface area contributed by atoms with Gasteiger partial charge >= 0.3 is 0 Å². The Bertz CT molecular complexity index is 741. The molecule has 1 fully saturated rings. The zero-order chi connectivity index (χ0) is 18.4. The molecule has 0 atom stereocenters. The van der Waals surface area contributed by atoms with Crippen LogP contribution in [0.15, 0.2) is 24.3 Å². The third kappa shape index (κ3) is 4.82. The molecule has 0 unspecified atom stereocenters. The van der Waals surface area contributed by atoms with Gasteiger partial charge in [-0.1, -0.05) is 6.42 Å². The second-order valence-corrected chi connectivity index (χ2v) is 6.57. The molecule has 0 radical (unpaired) electrons. The third-order valence-corrected chi connectivity index (χ3v) is 4.63. The first-order valence-electron chi connectivity index (χ1n) is 9.07. The highest BCUT2D eigenvalue weighted by Gasteiger charge is 2.12. The summed E-state index contributed by atoms with van der Waals surface area (Å²) in [5.41, 5.74) is 1.18. The molecule has 2 aromatic rings. The first kappa shape index (κ1) is 18.4. The summed E-state index contributed by atoms with van der Waals surface area (Å²) in [6.45, 7) is 3.25. The number of nitrogens with one attached hydrogen (secondary N) is 2. The second kappa shape index (κ2) is 8.80. The topological polar surface area (TPSA) is 70.2 Å². The number of benzene rings is 1. The largest absolute Gasteiger partial charge is 0.494 e. The molecule has 0 bridgehead atoms. The SMILES string of the molecule is COc1ccc(-c2cc(NC(=O)CCCN3CCCCC3)[nH]n2)cc1F. The van der Waals surface area contributed by atoms with Crippen molar-refractivity contribution >= 4 is 11.7 Å². The van der Waals surface area contributed by atoms with Crippen LogP contribution < -0.4 is 10.1 Å². The molecule has 1 amide bonds. The van der Waals surface area contributed by atoms with E-state index >= 15 is 0 Å². The summed E-state index contributed by atoms with van der Waals surface area (Å²) >= 11 is 0. The van der Waals surface area contributed by atoms with E-state index < -0.39 is 5.82 Å². The molecule has 140 valence electrons. The summed E-state index contributed by atoms with van der Waals surface area (Å²) in [5, 5.41) is 9.72. The van der Waals surface area contributed by atoms with Gasteiger partial charge in [0.1, 0.15) is 5.82 Å². The van der Waals surface area contributed by atoms with Gasteiger partial charge in [0, 0.05) is 18.1 Å². The van der Waals surface area contributed by atoms with Crippen LogP contribution in [0, 0.1) is 5.82 Å². The molecule has 1 aromatic carbocycles. The maximum atomic E-state index is 13.8. The lowest BCUT2D eigenvalue weighted by Crippen LogP contribution is -2.31. The Kier molecular flexibility index (Phi) is 6.22. The fourth-order valence-electron chi connectivity index (χ4n) is 3.22. The number of hydrogen-bond acceptors (Lipinski definition) is 4. The van der Waals surface area contributed by atoms with Gasteiger partial charge in [0.15, 0.2) is 11.6 Å². The summed E-state index contributed by atoms with van der Waals surface area (Å²) in [6.07, 6.45) is 5.15. The Labute approximate surface area is 152 Å². The number of rotatable bonds is 7. The molecule has 7 heteroatoms. The number of halogens is 1. The molecular formula is C19H25FN4O2. The van der Waals surface area contributed by atoms with Crippen LogP contribution in [0.1, 0.15) is 32.1 Å². The average molecular weight is 360 g/mol. The van der Waals surface area contributed by atoms with Crippen molar-refractivity contribution in [3.63, 3.8) is 0 Å². The summed E-state index contributed by atoms with van der Waals surface area (Å²) < 4.78 is 18.7. The molecular weight excluding hydrogens is 335 g/mol. The minimum absolute atomic E-state index is 0.0434. The average Bonchev–Trinajstić information content (AvgIpc) is 3.11. The molecule has 1 aliphatic heterocycles. The van der Waals surface area contributed by atoms with Gasteiger partial charge in [-0.15, -0.1) is 0 Å². The van der Waals surface area contributed by atoms with Crippen molar-refractivity contribution in [2.24, 2.45) is 0 Å². The van der Waals surface area contributed by atoms with Gasteiger partial charge in [-0.25, -0.2) is 4.39 Å². The van der Waals surface area contributed by atoms with Crippen LogP contribution in [-0.2, 0) is 4.79 Å². The second-order valence-electron chi connectivity index (χ2n) is 6.57. The van der Waals surface area contributed by atoms with Crippen molar-refractivity contribution in [2.45, 2.75) is 32.1 Å². The molecule has 1 aromatic heterocycles. The summed E-state index contributed by atoms with van der Waals surface area (Å²) in [6, 6.07) is 6.34. The quantitative estimate of drug-likeness (QED) is 0.794. The molecule has 2 heterocycles. The molecule has 26 heavy (non-hydrogen) atoms. The normalized spacial score (nSPS) is 15.0. The Hall–Kier alpha value is -2.41. The highest BCUT2D eigenvalue weighted by molar-refractivity contribution is 5.90. The number of piperidine rings is 1. The van der Waals surface area contributed by atoms with Crippen LogP contribution in [-0.4, -0.2) is 47.7 Å². The minimum atomic E-state index is -0.448. The highest BCUT2D eigenvalue weighted by Crippen LogP contribution is 2.25. The minimum Gasteiger partial charge on any atom is -0.494 e. The number of nitrogens with zero attached hydrogens (tertiary/aromatic N) is 2. The van der Waals surface area contributed by atoms with Crippen molar-refractivity contribution in [3.8, 4) is 17.0 Å². The molecule has 0 spiro atoms. The maximum Gasteiger partial charge on any atom is 0.225 e. The van der Waals surface area contributed by atoms with Crippen LogP contribution >= 0.6 is 0 Å². The number of carbonyl (C=O) groups is 1. The van der Waals surface area contributed by atoms with Crippen molar-refractivity contribution in [3.05, 3.63) is 30.1 Å². The summed E-state index contributed by atoms with van der Waals surface area (Å²) in [4.78, 5) is 14.5. The molecule has 6 nitrogen and oxygen atoms in total. The van der Waals surface area contributed by atoms with Crippen LogP contribution in [0.4, 0.5) is 10.2 Å². The van der Waals surface area contributed by atoms with Gasteiger partial charge in [-0.2, -0.15) is 5.10 Å². The lowest BCUT2D eigenvalue weighted by molar-refractivity contribution is -0.116. The van der Waals surface area contributed by atoms with E-state index in [0.29, 0.717) is 23.5 Å². The number of amides is 1. The Balaban J connectivity index is 1.49. The van der Waals surface area contributed by atoms with Gasteiger partial charge < -0.3 is 15.0 Å². The lowest BCUT2D eigenvalue weighted by Gasteiger charge is -2.26. The monoisotopic (exact) mass is 360 g/mol. The predicted octanol–water partition coefficient (Wildman–Crippen LogP) is 3.43.